The van der Waals surface area contributed by atoms with Crippen molar-refractivity contribution in [2.24, 2.45) is 11.8 Å². The number of hydrogen-bond donors (Lipinski definition) is 0. The minimum absolute atomic E-state index is 0.178. The molecule has 2 atom stereocenters. The van der Waals surface area contributed by atoms with E-state index in [-0.39, 0.29) is 5.92 Å². The van der Waals surface area contributed by atoms with Crippen molar-refractivity contribution in [3.8, 4) is 6.07 Å². The van der Waals surface area contributed by atoms with Crippen LogP contribution in [0.25, 0.3) is 0 Å². The van der Waals surface area contributed by atoms with E-state index in [0.717, 1.165) is 5.75 Å². The van der Waals surface area contributed by atoms with Crippen LogP contribution in [0.5, 0.6) is 0 Å². The fourth-order valence-electron chi connectivity index (χ4n) is 1.49. The highest BCUT2D eigenvalue weighted by Gasteiger charge is 2.30. The van der Waals surface area contributed by atoms with Gasteiger partial charge in [0.1, 0.15) is 0 Å². The van der Waals surface area contributed by atoms with E-state index in [2.05, 4.69) is 18.2 Å². The van der Waals surface area contributed by atoms with Crippen LogP contribution < -0.4 is 0 Å². The normalized spacial score (nSPS) is 32.1. The second-order valence-corrected chi connectivity index (χ2v) is 4.00. The van der Waals surface area contributed by atoms with Crippen LogP contribution in [0.3, 0.4) is 0 Å². The summed E-state index contributed by atoms with van der Waals surface area (Å²) in [4.78, 5) is 1.34. The molecule has 60 valence electrons. The molecule has 1 aliphatic carbocycles. The number of nitrogens with zero attached hydrogens (tertiary/aromatic N) is 1. The Morgan fingerprint density at radius 3 is 3.17 bits per heavy atom. The highest BCUT2D eigenvalue weighted by Crippen LogP contribution is 2.41. The Morgan fingerprint density at radius 2 is 2.33 bits per heavy atom. The zero-order chi connectivity index (χ0) is 8.39. The first-order valence-electron chi connectivity index (χ1n) is 3.99. The van der Waals surface area contributed by atoms with Crippen LogP contribution in [0.4, 0.5) is 0 Å². The van der Waals surface area contributed by atoms with Gasteiger partial charge in [-0.15, -0.1) is 11.8 Å². The van der Waals surface area contributed by atoms with Crippen LogP contribution >= 0.6 is 11.8 Å². The van der Waals surface area contributed by atoms with Crippen molar-refractivity contribution in [1.29, 1.82) is 5.26 Å². The Kier molecular flexibility index (Phi) is 2.05. The second-order valence-electron chi connectivity index (χ2n) is 2.91. The molecule has 2 aliphatic rings. The molecule has 2 rings (SSSR count). The van der Waals surface area contributed by atoms with Crippen molar-refractivity contribution in [2.75, 3.05) is 5.75 Å². The van der Waals surface area contributed by atoms with E-state index in [1.165, 1.54) is 4.91 Å². The average Bonchev–Trinajstić information content (AvgIpc) is 2.33. The van der Waals surface area contributed by atoms with E-state index < -0.39 is 0 Å². The highest BCUT2D eigenvalue weighted by atomic mass is 32.2. The van der Waals surface area contributed by atoms with Gasteiger partial charge < -0.3 is 0 Å². The van der Waals surface area contributed by atoms with Gasteiger partial charge in [-0.2, -0.15) is 5.26 Å². The van der Waals surface area contributed by atoms with Crippen molar-refractivity contribution in [1.82, 2.24) is 0 Å². The lowest BCUT2D eigenvalue weighted by atomic mass is 9.95. The number of fused-ring (bicyclic) bond motifs is 1. The summed E-state index contributed by atoms with van der Waals surface area (Å²) in [6, 6.07) is 2.35. The molecule has 0 aromatic carbocycles. The van der Waals surface area contributed by atoms with Gasteiger partial charge >= 0.3 is 0 Å². The first-order valence-corrected chi connectivity index (χ1v) is 4.98. The molecular weight excluding hydrogens is 166 g/mol. The first-order chi connectivity index (χ1) is 5.92. The molecule has 0 spiro atoms. The van der Waals surface area contributed by atoms with Crippen LogP contribution in [0.2, 0.25) is 0 Å². The SMILES string of the molecule is N#C[C@@H]1CSC2=CC=CC=C[C@@H]21. The van der Waals surface area contributed by atoms with Gasteiger partial charge in [-0.25, -0.2) is 0 Å². The molecule has 0 N–H and O–H groups in total. The summed E-state index contributed by atoms with van der Waals surface area (Å²) in [7, 11) is 0. The lowest BCUT2D eigenvalue weighted by Gasteiger charge is -2.06. The average molecular weight is 175 g/mol. The maximum Gasteiger partial charge on any atom is 0.0674 e. The third-order valence-electron chi connectivity index (χ3n) is 2.16. The number of allylic oxidation sites excluding steroid dienone is 6. The monoisotopic (exact) mass is 175 g/mol. The van der Waals surface area contributed by atoms with Crippen LogP contribution in [-0.4, -0.2) is 5.75 Å². The second kappa shape index (κ2) is 3.20. The van der Waals surface area contributed by atoms with Crippen LogP contribution in [0, 0.1) is 23.2 Å². The number of hydrogen-bond acceptors (Lipinski definition) is 2. The topological polar surface area (TPSA) is 23.8 Å². The Bertz CT molecular complexity index is 306. The van der Waals surface area contributed by atoms with Crippen molar-refractivity contribution < 1.29 is 0 Å². The molecule has 0 amide bonds. The Balaban J connectivity index is 2.31. The molecule has 0 saturated carbocycles. The predicted octanol–water partition coefficient (Wildman–Crippen LogP) is 2.50. The molecule has 1 heterocycles. The number of nitriles is 1. The zero-order valence-electron chi connectivity index (χ0n) is 6.60. The van der Waals surface area contributed by atoms with Gasteiger partial charge in [-0.05, 0) is 4.91 Å². The standard InChI is InChI=1S/C10H9NS/c11-6-8-7-12-10-5-3-1-2-4-9(8)10/h1-5,8-9H,7H2/t8-,9-/m1/s1. The maximum absolute atomic E-state index is 8.85. The quantitative estimate of drug-likeness (QED) is 0.564. The summed E-state index contributed by atoms with van der Waals surface area (Å²) >= 11 is 1.81. The van der Waals surface area contributed by atoms with E-state index in [9.17, 15) is 0 Å². The molecule has 0 aromatic heterocycles. The molecule has 2 heteroatoms. The summed E-state index contributed by atoms with van der Waals surface area (Å²) in [5, 5.41) is 8.85. The van der Waals surface area contributed by atoms with Gasteiger partial charge in [0.25, 0.3) is 0 Å². The third kappa shape index (κ3) is 1.21. The smallest absolute Gasteiger partial charge is 0.0674 e. The minimum Gasteiger partial charge on any atom is -0.198 e. The molecule has 1 saturated heterocycles. The molecule has 1 aliphatic heterocycles. The number of thioether (sulfide) groups is 1. The fraction of sp³-hybridized carbons (Fsp3) is 0.300. The van der Waals surface area contributed by atoms with E-state index in [4.69, 9.17) is 5.26 Å². The van der Waals surface area contributed by atoms with Crippen molar-refractivity contribution >= 4 is 11.8 Å². The first kappa shape index (κ1) is 7.70. The van der Waals surface area contributed by atoms with Gasteiger partial charge in [-0.1, -0.05) is 30.4 Å². The van der Waals surface area contributed by atoms with Crippen LogP contribution in [0.1, 0.15) is 0 Å². The minimum atomic E-state index is 0.178. The Morgan fingerprint density at radius 1 is 1.42 bits per heavy atom. The Hall–Kier alpha value is -0.940. The summed E-state index contributed by atoms with van der Waals surface area (Å²) in [5.74, 6) is 1.48. The van der Waals surface area contributed by atoms with E-state index in [1.54, 1.807) is 0 Å². The van der Waals surface area contributed by atoms with Crippen molar-refractivity contribution in [3.05, 3.63) is 35.3 Å². The van der Waals surface area contributed by atoms with Gasteiger partial charge in [0.2, 0.25) is 0 Å². The summed E-state index contributed by atoms with van der Waals surface area (Å²) in [6.07, 6.45) is 10.3. The van der Waals surface area contributed by atoms with Crippen LogP contribution in [-0.2, 0) is 0 Å². The van der Waals surface area contributed by atoms with Crippen molar-refractivity contribution in [3.63, 3.8) is 0 Å². The van der Waals surface area contributed by atoms with E-state index in [0.29, 0.717) is 5.92 Å². The van der Waals surface area contributed by atoms with Gasteiger partial charge in [0.05, 0.1) is 12.0 Å². The molecule has 0 aromatic rings. The largest absolute Gasteiger partial charge is 0.198 e. The molecule has 1 fully saturated rings. The molecular formula is C10H9NS. The summed E-state index contributed by atoms with van der Waals surface area (Å²) in [6.45, 7) is 0. The lowest BCUT2D eigenvalue weighted by molar-refractivity contribution is 0.650. The predicted molar refractivity (Wildman–Crippen MR) is 51.4 cm³/mol. The van der Waals surface area contributed by atoms with Gasteiger partial charge in [0.15, 0.2) is 0 Å². The fourth-order valence-corrected chi connectivity index (χ4v) is 2.75. The highest BCUT2D eigenvalue weighted by molar-refractivity contribution is 8.03. The molecule has 0 bridgehead atoms. The van der Waals surface area contributed by atoms with Gasteiger partial charge in [0, 0.05) is 11.7 Å². The summed E-state index contributed by atoms with van der Waals surface area (Å²) < 4.78 is 0. The van der Waals surface area contributed by atoms with Crippen LogP contribution in [0.15, 0.2) is 35.3 Å². The summed E-state index contributed by atoms with van der Waals surface area (Å²) in [5.41, 5.74) is 0. The van der Waals surface area contributed by atoms with Gasteiger partial charge in [-0.3, -0.25) is 0 Å². The molecule has 0 radical (unpaired) electrons. The third-order valence-corrected chi connectivity index (χ3v) is 3.43. The van der Waals surface area contributed by atoms with E-state index in [1.807, 2.05) is 30.0 Å². The lowest BCUT2D eigenvalue weighted by Crippen LogP contribution is -2.05. The molecule has 12 heavy (non-hydrogen) atoms. The van der Waals surface area contributed by atoms with Crippen molar-refractivity contribution in [2.45, 2.75) is 0 Å². The molecule has 0 unspecified atom stereocenters. The zero-order valence-corrected chi connectivity index (χ0v) is 7.42. The molecule has 1 nitrogen and oxygen atoms in total. The Labute approximate surface area is 76.5 Å². The maximum atomic E-state index is 8.85. The van der Waals surface area contributed by atoms with E-state index >= 15 is 0 Å². The number of rotatable bonds is 0.